The van der Waals surface area contributed by atoms with E-state index in [2.05, 4.69) is 31.9 Å². The van der Waals surface area contributed by atoms with Gasteiger partial charge in [-0.3, -0.25) is 19.2 Å². The molecule has 10 heteroatoms. The van der Waals surface area contributed by atoms with Crippen molar-refractivity contribution in [3.05, 3.63) is 79.1 Å². The van der Waals surface area contributed by atoms with E-state index < -0.39 is 46.9 Å². The maximum atomic E-state index is 13.6. The molecule has 0 fully saturated rings. The van der Waals surface area contributed by atoms with Crippen molar-refractivity contribution in [3.63, 3.8) is 0 Å². The number of halogens is 2. The van der Waals surface area contributed by atoms with Crippen molar-refractivity contribution in [1.29, 1.82) is 0 Å². The van der Waals surface area contributed by atoms with Crippen molar-refractivity contribution < 1.29 is 38.9 Å². The lowest BCUT2D eigenvalue weighted by Gasteiger charge is -2.34. The first kappa shape index (κ1) is 22.5. The zero-order valence-corrected chi connectivity index (χ0v) is 20.3. The largest absolute Gasteiger partial charge is 0.508 e. The van der Waals surface area contributed by atoms with Crippen molar-refractivity contribution in [1.82, 2.24) is 0 Å². The van der Waals surface area contributed by atoms with Gasteiger partial charge in [-0.2, -0.15) is 0 Å². The Morgan fingerprint density at radius 1 is 0.676 bits per heavy atom. The van der Waals surface area contributed by atoms with Gasteiger partial charge in [0.1, 0.15) is 11.5 Å². The molecule has 0 saturated heterocycles. The minimum Gasteiger partial charge on any atom is -0.508 e. The molecule has 34 heavy (non-hydrogen) atoms. The summed E-state index contributed by atoms with van der Waals surface area (Å²) in [5.41, 5.74) is 0.159. The maximum Gasteiger partial charge on any atom is 0.312 e. The average Bonchev–Trinajstić information content (AvgIpc) is 2.79. The number of rotatable bonds is 2. The van der Waals surface area contributed by atoms with Gasteiger partial charge in [-0.1, -0.05) is 31.9 Å². The van der Waals surface area contributed by atoms with Gasteiger partial charge in [0.15, 0.2) is 11.5 Å². The zero-order chi connectivity index (χ0) is 24.3. The predicted octanol–water partition coefficient (Wildman–Crippen LogP) is 4.04. The van der Waals surface area contributed by atoms with E-state index in [9.17, 15) is 29.4 Å². The molecular weight excluding hydrogens is 576 g/mol. The van der Waals surface area contributed by atoms with E-state index in [4.69, 9.17) is 9.47 Å². The third-order valence-electron chi connectivity index (χ3n) is 5.99. The van der Waals surface area contributed by atoms with E-state index in [1.807, 2.05) is 0 Å². The molecule has 8 nitrogen and oxygen atoms in total. The molecule has 0 saturated carbocycles. The summed E-state index contributed by atoms with van der Waals surface area (Å²) in [6.07, 6.45) is -0.595. The summed E-state index contributed by atoms with van der Waals surface area (Å²) in [6, 6.07) is 9.04. The number of carbonyl (C=O) groups is 4. The lowest BCUT2D eigenvalue weighted by molar-refractivity contribution is -0.148. The molecule has 2 aromatic carbocycles. The summed E-state index contributed by atoms with van der Waals surface area (Å²) in [5.74, 6) is -6.30. The Morgan fingerprint density at radius 2 is 1.06 bits per heavy atom. The first-order valence-electron chi connectivity index (χ1n) is 10.1. The minimum atomic E-state index is -0.988. The highest BCUT2D eigenvalue weighted by molar-refractivity contribution is 9.10. The number of allylic oxidation sites excluding steroid dienone is 2. The van der Waals surface area contributed by atoms with Crippen molar-refractivity contribution in [2.75, 3.05) is 0 Å². The summed E-state index contributed by atoms with van der Waals surface area (Å²) >= 11 is 6.60. The Morgan fingerprint density at radius 3 is 1.44 bits per heavy atom. The van der Waals surface area contributed by atoms with E-state index in [1.165, 1.54) is 12.1 Å². The van der Waals surface area contributed by atoms with Crippen molar-refractivity contribution in [2.24, 2.45) is 0 Å². The van der Waals surface area contributed by atoms with Gasteiger partial charge in [-0.25, -0.2) is 0 Å². The molecule has 2 N–H and O–H groups in total. The van der Waals surface area contributed by atoms with E-state index in [0.717, 1.165) is 0 Å². The highest BCUT2D eigenvalue weighted by Gasteiger charge is 2.50. The molecule has 2 atom stereocenters. The number of esters is 2. The van der Waals surface area contributed by atoms with Crippen LogP contribution in [0, 0.1) is 0 Å². The Balaban J connectivity index is 1.69. The third-order valence-corrected chi connectivity index (χ3v) is 6.98. The molecule has 5 rings (SSSR count). The fraction of sp³-hybridized carbons (Fsp3) is 0.167. The first-order chi connectivity index (χ1) is 16.2. The normalized spacial score (nSPS) is 22.3. The van der Waals surface area contributed by atoms with Gasteiger partial charge in [-0.05, 0) is 36.4 Å². The molecule has 2 unspecified atom stereocenters. The smallest absolute Gasteiger partial charge is 0.312 e. The lowest BCUT2D eigenvalue weighted by Crippen LogP contribution is -2.39. The lowest BCUT2D eigenvalue weighted by atomic mass is 9.74. The second kappa shape index (κ2) is 8.21. The van der Waals surface area contributed by atoms with Crippen LogP contribution >= 0.6 is 31.9 Å². The number of Topliss-reactive ketones (excluding diaryl/α,β-unsaturated/α-hetero) is 2. The molecule has 2 aliphatic heterocycles. The number of aromatic hydroxyl groups is 2. The van der Waals surface area contributed by atoms with Gasteiger partial charge in [0.2, 0.25) is 11.6 Å². The van der Waals surface area contributed by atoms with Crippen LogP contribution in [0.1, 0.15) is 35.8 Å². The van der Waals surface area contributed by atoms with Gasteiger partial charge in [-0.15, -0.1) is 0 Å². The number of hydrogen-bond donors (Lipinski definition) is 2. The van der Waals surface area contributed by atoms with Gasteiger partial charge in [0.05, 0.1) is 24.0 Å². The number of ether oxygens (including phenoxy) is 2. The minimum absolute atomic E-state index is 0.163. The summed E-state index contributed by atoms with van der Waals surface area (Å²) in [4.78, 5) is 52.1. The molecule has 3 aliphatic rings. The van der Waals surface area contributed by atoms with Crippen LogP contribution < -0.4 is 0 Å². The van der Waals surface area contributed by atoms with E-state index in [-0.39, 0.29) is 46.6 Å². The third kappa shape index (κ3) is 3.57. The van der Waals surface area contributed by atoms with E-state index in [0.29, 0.717) is 8.95 Å². The molecule has 2 aromatic rings. The SMILES string of the molecule is O=C1CC(c2cc(Br)ccc2O)C2=C(O1)C(=O)C1=C(OC(=O)CC1c1cc(Br)ccc1O)C2=O. The van der Waals surface area contributed by atoms with Crippen molar-refractivity contribution in [3.8, 4) is 11.5 Å². The monoisotopic (exact) mass is 588 g/mol. The molecule has 0 radical (unpaired) electrons. The van der Waals surface area contributed by atoms with Crippen LogP contribution in [-0.2, 0) is 28.7 Å². The predicted molar refractivity (Wildman–Crippen MR) is 123 cm³/mol. The van der Waals surface area contributed by atoms with E-state index in [1.54, 1.807) is 24.3 Å². The summed E-state index contributed by atoms with van der Waals surface area (Å²) in [7, 11) is 0. The maximum absolute atomic E-state index is 13.6. The van der Waals surface area contributed by atoms with Gasteiger partial charge in [0, 0.05) is 31.9 Å². The molecule has 172 valence electrons. The number of ketones is 2. The molecule has 2 heterocycles. The Hall–Kier alpha value is -3.24. The highest BCUT2D eigenvalue weighted by atomic mass is 79.9. The molecule has 0 bridgehead atoms. The first-order valence-corrected chi connectivity index (χ1v) is 11.7. The Bertz CT molecular complexity index is 1280. The van der Waals surface area contributed by atoms with Crippen LogP contribution in [0.4, 0.5) is 0 Å². The fourth-order valence-electron chi connectivity index (χ4n) is 4.52. The number of benzene rings is 2. The number of carbonyl (C=O) groups excluding carboxylic acids is 4. The van der Waals surface area contributed by atoms with Gasteiger partial charge < -0.3 is 19.7 Å². The van der Waals surface area contributed by atoms with Crippen LogP contribution in [0.15, 0.2) is 68.0 Å². The molecular formula is C24H14Br2O8. The van der Waals surface area contributed by atoms with Crippen LogP contribution in [-0.4, -0.2) is 33.7 Å². The van der Waals surface area contributed by atoms with Gasteiger partial charge >= 0.3 is 11.9 Å². The Labute approximate surface area is 209 Å². The second-order valence-corrected chi connectivity index (χ2v) is 9.84. The number of phenols is 2. The quantitative estimate of drug-likeness (QED) is 0.397. The Kier molecular flexibility index (Phi) is 5.44. The van der Waals surface area contributed by atoms with Crippen molar-refractivity contribution >= 4 is 55.4 Å². The molecule has 0 aromatic heterocycles. The summed E-state index contributed by atoms with van der Waals surface area (Å²) < 4.78 is 11.7. The molecule has 0 spiro atoms. The molecule has 1 aliphatic carbocycles. The highest BCUT2D eigenvalue weighted by Crippen LogP contribution is 2.49. The van der Waals surface area contributed by atoms with Gasteiger partial charge in [0.25, 0.3) is 0 Å². The van der Waals surface area contributed by atoms with Crippen molar-refractivity contribution in [2.45, 2.75) is 24.7 Å². The van der Waals surface area contributed by atoms with E-state index >= 15 is 0 Å². The summed E-state index contributed by atoms with van der Waals surface area (Å²) in [6.45, 7) is 0. The average molecular weight is 590 g/mol. The number of hydrogen-bond acceptors (Lipinski definition) is 8. The number of phenolic OH excluding ortho intramolecular Hbond substituents is 2. The van der Waals surface area contributed by atoms with Crippen LogP contribution in [0.25, 0.3) is 0 Å². The summed E-state index contributed by atoms with van der Waals surface area (Å²) in [5, 5.41) is 20.8. The molecule has 0 amide bonds. The fourth-order valence-corrected chi connectivity index (χ4v) is 5.28. The van der Waals surface area contributed by atoms with Crippen LogP contribution in [0.3, 0.4) is 0 Å². The zero-order valence-electron chi connectivity index (χ0n) is 17.1. The standard InChI is InChI=1S/C24H14Br2O8/c25-9-1-3-15(27)11(5-9)13-7-17(29)33-23-19(13)21(31)24-20(22(23)32)14(8-18(30)34-24)12-6-10(26)2-4-16(12)28/h1-6,13-14,27-28H,7-8H2. The second-order valence-electron chi connectivity index (χ2n) is 8.01. The van der Waals surface area contributed by atoms with Crippen LogP contribution in [0.2, 0.25) is 0 Å². The van der Waals surface area contributed by atoms with Crippen LogP contribution in [0.5, 0.6) is 11.5 Å². The topological polar surface area (TPSA) is 127 Å².